The topological polar surface area (TPSA) is 149 Å². The van der Waals surface area contributed by atoms with Crippen molar-refractivity contribution >= 4 is 33.6 Å². The average molecular weight is 1660 g/mol. The minimum absolute atomic E-state index is 0. The van der Waals surface area contributed by atoms with Crippen molar-refractivity contribution in [1.29, 1.82) is 0 Å². The summed E-state index contributed by atoms with van der Waals surface area (Å²) in [5.74, 6) is 3.51. The summed E-state index contributed by atoms with van der Waals surface area (Å²) in [4.78, 5) is 55.8. The molecule has 0 radical (unpaired) electrons. The van der Waals surface area contributed by atoms with Crippen molar-refractivity contribution in [2.45, 2.75) is 385 Å². The Morgan fingerprint density at radius 2 is 0.864 bits per heavy atom. The molecule has 1 aromatic carbocycles. The third-order valence-corrected chi connectivity index (χ3v) is 23.2. The number of pyridine rings is 2. The van der Waals surface area contributed by atoms with E-state index < -0.39 is 5.60 Å². The van der Waals surface area contributed by atoms with Gasteiger partial charge in [-0.2, -0.15) is 0 Å². The molecular weight excluding hydrogens is 1470 g/mol. The largest absolute Gasteiger partial charge is 0.460 e. The van der Waals surface area contributed by atoms with Crippen molar-refractivity contribution in [2.24, 2.45) is 50.7 Å². The molecule has 15 heteroatoms. The molecule has 14 nitrogen and oxygen atoms in total. The number of hydrogen-bond donors (Lipinski definition) is 0. The number of amides is 1. The molecule has 1 saturated carbocycles. The number of carbonyl (C=O) groups excluding carboxylic acids is 2. The van der Waals surface area contributed by atoms with E-state index in [9.17, 15) is 9.59 Å². The van der Waals surface area contributed by atoms with Crippen molar-refractivity contribution in [3.63, 3.8) is 0 Å². The Balaban J connectivity index is 0.00000129. The van der Waals surface area contributed by atoms with Gasteiger partial charge in [0.1, 0.15) is 23.9 Å². The molecule has 0 unspecified atom stereocenters. The van der Waals surface area contributed by atoms with E-state index in [1.807, 2.05) is 89.6 Å². The van der Waals surface area contributed by atoms with Crippen LogP contribution in [-0.2, 0) is 41.3 Å². The van der Waals surface area contributed by atoms with Gasteiger partial charge in [0.15, 0.2) is 0 Å². The van der Waals surface area contributed by atoms with Gasteiger partial charge in [-0.25, -0.2) is 29.7 Å². The number of ether oxygens (including phenoxy) is 2. The minimum atomic E-state index is -0.391. The molecule has 10 rings (SSSR count). The second-order valence-corrected chi connectivity index (χ2v) is 48.0. The lowest BCUT2D eigenvalue weighted by atomic mass is 9.72. The van der Waals surface area contributed by atoms with Crippen molar-refractivity contribution < 1.29 is 23.5 Å². The monoisotopic (exact) mass is 1660 g/mol. The number of esters is 1. The standard InChI is InChI=1S/C14H27NO2.C12H15NS.C11H24N.C11H22O2.C10H21N.C10H20.2C9H13N.2C8H12N2.CH4/c1-13(2,3)11-7-9-15(10-8-11)12(16)17-14(4,5)6;1-8-13-10-7-9(12(2,3)4)5-6-11(10)14-8;1-11(2,3)10-6-8-12(4,5)9-7-10;1-10(2,3)8-7-9(12)13-11(4,5)6;1-10(2,3)9-5-7-11(4)8-6-9;1-10(2,3)9-7-5-4-6-8-9;1-9(2,3)8-4-6-10-7-5-8;1-9(2,3)8-5-4-6-10-7-8;1-8(2,3)7-4-9-6-10-5-7;1-8(2,3)7-4-5-9-6-10-7;/h11H,7-10H2,1-6H3;5-7H,1-4H3;10H,6-9H2,1-5H3;7-8H2,1-6H3;9H,5-8H2,1-4H3;9H,4-8H2,1-3H3;2*4-7H,1-3H3;2*4-6H,1-3H3;1H4/q;;+1;;;;;;;;. The molecule has 674 valence electrons. The molecule has 0 bridgehead atoms. The van der Waals surface area contributed by atoms with Crippen molar-refractivity contribution in [2.75, 3.05) is 60.4 Å². The number of fused-ring (bicyclic) bond motifs is 1. The van der Waals surface area contributed by atoms with Gasteiger partial charge >= 0.3 is 12.1 Å². The summed E-state index contributed by atoms with van der Waals surface area (Å²) in [6, 6.07) is 16.7. The van der Waals surface area contributed by atoms with E-state index in [0.29, 0.717) is 34.0 Å². The van der Waals surface area contributed by atoms with Gasteiger partial charge in [-0.3, -0.25) is 14.8 Å². The maximum absolute atomic E-state index is 11.9. The highest BCUT2D eigenvalue weighted by Gasteiger charge is 2.35. The lowest BCUT2D eigenvalue weighted by Crippen LogP contribution is -2.48. The maximum atomic E-state index is 11.9. The number of aromatic nitrogens is 7. The number of carbonyl (C=O) groups is 2. The molecule has 1 amide bonds. The Bertz CT molecular complexity index is 3430. The van der Waals surface area contributed by atoms with Gasteiger partial charge in [-0.05, 0) is 245 Å². The molecule has 8 heterocycles. The normalized spacial score (nSPS) is 16.4. The van der Waals surface area contributed by atoms with E-state index in [2.05, 4.69) is 312 Å². The van der Waals surface area contributed by atoms with Crippen LogP contribution >= 0.6 is 11.3 Å². The van der Waals surface area contributed by atoms with Gasteiger partial charge < -0.3 is 23.8 Å². The van der Waals surface area contributed by atoms with Gasteiger partial charge in [-0.15, -0.1) is 11.3 Å². The summed E-state index contributed by atoms with van der Waals surface area (Å²) in [5, 5.41) is 1.14. The van der Waals surface area contributed by atoms with Crippen LogP contribution < -0.4 is 0 Å². The van der Waals surface area contributed by atoms with Gasteiger partial charge in [0.25, 0.3) is 0 Å². The summed E-state index contributed by atoms with van der Waals surface area (Å²) >= 11 is 1.76. The number of rotatable bonds is 2. The highest BCUT2D eigenvalue weighted by molar-refractivity contribution is 7.18. The maximum Gasteiger partial charge on any atom is 0.410 e. The summed E-state index contributed by atoms with van der Waals surface area (Å²) in [7, 11) is 6.91. The van der Waals surface area contributed by atoms with Crippen molar-refractivity contribution in [3.05, 3.63) is 138 Å². The highest BCUT2D eigenvalue weighted by atomic mass is 32.1. The average Bonchev–Trinajstić information content (AvgIpc) is 1.59. The third-order valence-electron chi connectivity index (χ3n) is 22.2. The number of hydrogen-bond acceptors (Lipinski definition) is 13. The molecule has 4 fully saturated rings. The first-order chi connectivity index (χ1) is 53.0. The molecule has 118 heavy (non-hydrogen) atoms. The van der Waals surface area contributed by atoms with Gasteiger partial charge in [-0.1, -0.05) is 247 Å². The molecule has 0 atom stereocenters. The number of benzene rings is 1. The molecule has 4 aliphatic rings. The van der Waals surface area contributed by atoms with Crippen LogP contribution in [0.1, 0.15) is 373 Å². The minimum Gasteiger partial charge on any atom is -0.460 e. The van der Waals surface area contributed by atoms with Gasteiger partial charge in [0.05, 0.1) is 42.4 Å². The fraction of sp³-hybridized carbons (Fsp3) is 0.738. The zero-order valence-electron chi connectivity index (χ0n) is 83.1. The SMILES string of the molecule is C.CC(C)(C)C1CCCCC1.CC(C)(C)C1CC[N+](C)(C)CC1.CC(C)(C)CCC(=O)OC(C)(C)C.CC(C)(C)OC(=O)N1CCC(C(C)(C)C)CC1.CC(C)(C)c1cccnc1.CC(C)(C)c1ccncc1.CC(C)(C)c1ccncn1.CC(C)(C)c1cncnc1.CN1CCC(C(C)(C)C)CC1.Cc1nc2cc(C(C)(C)C)ccc2s1. The van der Waals surface area contributed by atoms with Crippen molar-refractivity contribution in [3.8, 4) is 0 Å². The zero-order valence-corrected chi connectivity index (χ0v) is 83.9. The number of thiazole rings is 1. The summed E-state index contributed by atoms with van der Waals surface area (Å²) in [5.41, 5.74) is 9.82. The molecule has 6 aromatic rings. The Morgan fingerprint density at radius 3 is 1.21 bits per heavy atom. The third kappa shape index (κ3) is 50.6. The van der Waals surface area contributed by atoms with Crippen LogP contribution in [0.15, 0.2) is 105 Å². The van der Waals surface area contributed by atoms with E-state index in [1.165, 1.54) is 115 Å². The molecule has 0 spiro atoms. The smallest absolute Gasteiger partial charge is 0.410 e. The first-order valence-electron chi connectivity index (χ1n) is 44.4. The van der Waals surface area contributed by atoms with Crippen LogP contribution in [0, 0.1) is 57.7 Å². The summed E-state index contributed by atoms with van der Waals surface area (Å²) < 4.78 is 13.1. The van der Waals surface area contributed by atoms with Crippen LogP contribution in [-0.4, -0.2) is 133 Å². The molecule has 3 aliphatic heterocycles. The fourth-order valence-electron chi connectivity index (χ4n) is 13.7. The van der Waals surface area contributed by atoms with Gasteiger partial charge in [0, 0.05) is 86.8 Å². The second-order valence-electron chi connectivity index (χ2n) is 46.8. The van der Waals surface area contributed by atoms with E-state index in [0.717, 1.165) is 66.3 Å². The number of nitrogens with zero attached hydrogens (tertiary/aromatic N) is 10. The number of piperidine rings is 3. The Morgan fingerprint density at radius 1 is 0.441 bits per heavy atom. The van der Waals surface area contributed by atoms with Crippen LogP contribution in [0.4, 0.5) is 4.79 Å². The zero-order chi connectivity index (χ0) is 90.3. The highest BCUT2D eigenvalue weighted by Crippen LogP contribution is 2.40. The van der Waals surface area contributed by atoms with E-state index in [-0.39, 0.29) is 57.6 Å². The van der Waals surface area contributed by atoms with Gasteiger partial charge in [0.2, 0.25) is 0 Å². The lowest BCUT2D eigenvalue weighted by Gasteiger charge is -2.41. The van der Waals surface area contributed by atoms with Crippen LogP contribution in [0.3, 0.4) is 0 Å². The predicted molar refractivity (Wildman–Crippen MR) is 511 cm³/mol. The summed E-state index contributed by atoms with van der Waals surface area (Å²) in [6.45, 7) is 87.7. The molecule has 5 aromatic heterocycles. The van der Waals surface area contributed by atoms with Crippen molar-refractivity contribution in [1.82, 2.24) is 44.7 Å². The number of likely N-dealkylation sites (tertiary alicyclic amines) is 3. The first kappa shape index (κ1) is 112. The quantitative estimate of drug-likeness (QED) is 0.120. The molecular formula is C103H183N10O4S+. The number of quaternary nitrogens is 1. The Kier molecular flexibility index (Phi) is 46.5. The summed E-state index contributed by atoms with van der Waals surface area (Å²) in [6.07, 6.45) is 32.4. The lowest BCUT2D eigenvalue weighted by molar-refractivity contribution is -0.896. The second kappa shape index (κ2) is 48.9. The van der Waals surface area contributed by atoms with E-state index in [4.69, 9.17) is 9.47 Å². The molecule has 3 saturated heterocycles. The van der Waals surface area contributed by atoms with E-state index >= 15 is 0 Å². The van der Waals surface area contributed by atoms with E-state index in [1.54, 1.807) is 36.4 Å². The molecule has 1 aliphatic carbocycles. The Labute approximate surface area is 731 Å². The Hall–Kier alpha value is -5.77. The van der Waals surface area contributed by atoms with Crippen LogP contribution in [0.5, 0.6) is 0 Å². The number of aryl methyl sites for hydroxylation is 1. The van der Waals surface area contributed by atoms with Crippen LogP contribution in [0.25, 0.3) is 10.2 Å². The fourth-order valence-corrected chi connectivity index (χ4v) is 14.5. The first-order valence-corrected chi connectivity index (χ1v) is 45.2. The predicted octanol–water partition coefficient (Wildman–Crippen LogP) is 28.2. The van der Waals surface area contributed by atoms with Crippen LogP contribution in [0.2, 0.25) is 0 Å². The molecule has 0 N–H and O–H groups in total.